The van der Waals surface area contributed by atoms with E-state index in [0.717, 1.165) is 43.9 Å². The van der Waals surface area contributed by atoms with Gasteiger partial charge in [0, 0.05) is 34.1 Å². The van der Waals surface area contributed by atoms with Gasteiger partial charge in [0.1, 0.15) is 0 Å². The second kappa shape index (κ2) is 7.69. The maximum absolute atomic E-state index is 10.5. The van der Waals surface area contributed by atoms with Gasteiger partial charge in [-0.1, -0.05) is 32.1 Å². The Morgan fingerprint density at radius 3 is 2.58 bits per heavy atom. The van der Waals surface area contributed by atoms with Crippen molar-refractivity contribution in [3.8, 4) is 5.88 Å². The minimum atomic E-state index is 0.172. The minimum absolute atomic E-state index is 0.172. The SMILES string of the molecule is CC(C)c1ccc2[nH]c(O)c(C=c3ccc4c(c3)N=NC=4/C=C/c3ccncc3)c2c1. The van der Waals surface area contributed by atoms with E-state index in [4.69, 9.17) is 0 Å². The van der Waals surface area contributed by atoms with Gasteiger partial charge in [-0.2, -0.15) is 0 Å². The van der Waals surface area contributed by atoms with Gasteiger partial charge in [-0.25, -0.2) is 0 Å². The van der Waals surface area contributed by atoms with Crippen LogP contribution in [0.1, 0.15) is 36.5 Å². The Labute approximate surface area is 179 Å². The molecule has 4 aromatic rings. The van der Waals surface area contributed by atoms with Crippen molar-refractivity contribution in [2.75, 3.05) is 0 Å². The first-order valence-electron chi connectivity index (χ1n) is 10.3. The van der Waals surface area contributed by atoms with Gasteiger partial charge in [-0.15, -0.1) is 10.2 Å². The normalized spacial score (nSPS) is 13.8. The molecule has 5 rings (SSSR count). The molecule has 5 heteroatoms. The van der Waals surface area contributed by atoms with E-state index in [1.165, 1.54) is 5.56 Å². The molecular formula is C26H22N4O. The van der Waals surface area contributed by atoms with Crippen LogP contribution in [0.4, 0.5) is 5.69 Å². The topological polar surface area (TPSA) is 73.6 Å². The number of aromatic amines is 1. The first kappa shape index (κ1) is 19.0. The summed E-state index contributed by atoms with van der Waals surface area (Å²) >= 11 is 0. The van der Waals surface area contributed by atoms with Crippen LogP contribution in [-0.2, 0) is 0 Å². The summed E-state index contributed by atoms with van der Waals surface area (Å²) in [5.74, 6) is 0.592. The summed E-state index contributed by atoms with van der Waals surface area (Å²) in [4.78, 5) is 7.10. The second-order valence-corrected chi connectivity index (χ2v) is 7.97. The third kappa shape index (κ3) is 3.66. The van der Waals surface area contributed by atoms with Crippen molar-refractivity contribution in [2.24, 2.45) is 10.2 Å². The van der Waals surface area contributed by atoms with E-state index >= 15 is 0 Å². The number of benzene rings is 2. The number of rotatable bonds is 4. The third-order valence-electron chi connectivity index (χ3n) is 5.52. The Morgan fingerprint density at radius 2 is 1.77 bits per heavy atom. The average molecular weight is 406 g/mol. The van der Waals surface area contributed by atoms with Gasteiger partial charge in [-0.3, -0.25) is 4.98 Å². The number of aromatic nitrogens is 2. The van der Waals surface area contributed by atoms with E-state index in [1.807, 2.05) is 54.6 Å². The van der Waals surface area contributed by atoms with Crippen molar-refractivity contribution >= 4 is 34.4 Å². The highest BCUT2D eigenvalue weighted by molar-refractivity contribution is 5.92. The molecule has 0 fully saturated rings. The largest absolute Gasteiger partial charge is 0.494 e. The molecule has 0 unspecified atom stereocenters. The quantitative estimate of drug-likeness (QED) is 0.492. The van der Waals surface area contributed by atoms with Crippen molar-refractivity contribution in [1.29, 1.82) is 0 Å². The summed E-state index contributed by atoms with van der Waals surface area (Å²) in [5.41, 5.74) is 5.66. The van der Waals surface area contributed by atoms with Gasteiger partial charge in [0.05, 0.1) is 11.4 Å². The molecule has 0 atom stereocenters. The van der Waals surface area contributed by atoms with E-state index in [0.29, 0.717) is 5.92 Å². The van der Waals surface area contributed by atoms with Gasteiger partial charge in [0.15, 0.2) is 5.88 Å². The Bertz CT molecular complexity index is 1460. The molecule has 1 aliphatic rings. The first-order valence-corrected chi connectivity index (χ1v) is 10.3. The van der Waals surface area contributed by atoms with Crippen LogP contribution >= 0.6 is 0 Å². The summed E-state index contributed by atoms with van der Waals surface area (Å²) in [5, 5.41) is 22.1. The molecule has 2 aromatic carbocycles. The maximum Gasteiger partial charge on any atom is 0.196 e. The molecule has 0 saturated carbocycles. The van der Waals surface area contributed by atoms with Crippen molar-refractivity contribution in [1.82, 2.24) is 9.97 Å². The summed E-state index contributed by atoms with van der Waals surface area (Å²) < 4.78 is 0. The lowest BCUT2D eigenvalue weighted by Crippen LogP contribution is -2.08. The number of pyridine rings is 1. The molecule has 1 aliphatic heterocycles. The van der Waals surface area contributed by atoms with Crippen LogP contribution in [-0.4, -0.2) is 15.1 Å². The second-order valence-electron chi connectivity index (χ2n) is 7.97. The highest BCUT2D eigenvalue weighted by atomic mass is 16.3. The zero-order valence-corrected chi connectivity index (χ0v) is 17.4. The Kier molecular flexibility index (Phi) is 4.71. The zero-order valence-electron chi connectivity index (χ0n) is 17.4. The Balaban J connectivity index is 1.56. The first-order chi connectivity index (χ1) is 15.1. The molecule has 0 spiro atoms. The fourth-order valence-electron chi connectivity index (χ4n) is 3.76. The molecular weight excluding hydrogens is 384 g/mol. The van der Waals surface area contributed by atoms with Crippen molar-refractivity contribution in [3.63, 3.8) is 0 Å². The number of azo groups is 1. The predicted molar refractivity (Wildman–Crippen MR) is 125 cm³/mol. The number of aromatic hydroxyl groups is 1. The Morgan fingerprint density at radius 1 is 0.935 bits per heavy atom. The summed E-state index contributed by atoms with van der Waals surface area (Å²) in [7, 11) is 0. The van der Waals surface area contributed by atoms with Crippen molar-refractivity contribution in [3.05, 3.63) is 94.1 Å². The van der Waals surface area contributed by atoms with E-state index in [-0.39, 0.29) is 5.88 Å². The molecule has 31 heavy (non-hydrogen) atoms. The molecule has 2 aromatic heterocycles. The van der Waals surface area contributed by atoms with Crippen LogP contribution in [0.3, 0.4) is 0 Å². The number of fused-ring (bicyclic) bond motifs is 2. The van der Waals surface area contributed by atoms with Crippen LogP contribution < -0.4 is 10.4 Å². The molecule has 152 valence electrons. The number of hydrogen-bond acceptors (Lipinski definition) is 4. The minimum Gasteiger partial charge on any atom is -0.494 e. The predicted octanol–water partition coefficient (Wildman–Crippen LogP) is 5.14. The van der Waals surface area contributed by atoms with Gasteiger partial charge in [-0.05, 0) is 70.8 Å². The van der Waals surface area contributed by atoms with Gasteiger partial charge < -0.3 is 10.1 Å². The lowest BCUT2D eigenvalue weighted by molar-refractivity contribution is 0.457. The van der Waals surface area contributed by atoms with E-state index < -0.39 is 0 Å². The van der Waals surface area contributed by atoms with Crippen LogP contribution in [0.15, 0.2) is 77.2 Å². The van der Waals surface area contributed by atoms with Gasteiger partial charge >= 0.3 is 0 Å². The van der Waals surface area contributed by atoms with Crippen molar-refractivity contribution < 1.29 is 5.11 Å². The van der Waals surface area contributed by atoms with Gasteiger partial charge in [0.2, 0.25) is 0 Å². The molecule has 0 bridgehead atoms. The summed E-state index contributed by atoms with van der Waals surface area (Å²) in [6.07, 6.45) is 9.48. The fourth-order valence-corrected chi connectivity index (χ4v) is 3.76. The molecule has 5 nitrogen and oxygen atoms in total. The van der Waals surface area contributed by atoms with Gasteiger partial charge in [0.25, 0.3) is 0 Å². The van der Waals surface area contributed by atoms with Crippen LogP contribution in [0.2, 0.25) is 0 Å². The molecule has 3 heterocycles. The number of nitrogens with one attached hydrogen (secondary N) is 1. The maximum atomic E-state index is 10.5. The molecule has 0 aliphatic carbocycles. The average Bonchev–Trinajstić information content (AvgIpc) is 3.32. The lowest BCUT2D eigenvalue weighted by atomic mass is 10.00. The highest BCUT2D eigenvalue weighted by Gasteiger charge is 2.11. The van der Waals surface area contributed by atoms with Crippen LogP contribution in [0.5, 0.6) is 5.88 Å². The summed E-state index contributed by atoms with van der Waals surface area (Å²) in [6, 6.07) is 16.2. The lowest BCUT2D eigenvalue weighted by Gasteiger charge is -2.05. The monoisotopic (exact) mass is 406 g/mol. The zero-order chi connectivity index (χ0) is 21.4. The van der Waals surface area contributed by atoms with Crippen LogP contribution in [0.25, 0.3) is 28.8 Å². The number of H-pyrrole nitrogens is 1. The smallest absolute Gasteiger partial charge is 0.196 e. The Hall–Kier alpha value is -3.99. The van der Waals surface area contributed by atoms with Crippen LogP contribution in [0, 0.1) is 0 Å². The summed E-state index contributed by atoms with van der Waals surface area (Å²) in [6.45, 7) is 4.33. The number of hydrogen-bond donors (Lipinski definition) is 2. The molecule has 0 saturated heterocycles. The van der Waals surface area contributed by atoms with E-state index in [1.54, 1.807) is 12.4 Å². The molecule has 0 amide bonds. The molecule has 0 radical (unpaired) electrons. The third-order valence-corrected chi connectivity index (χ3v) is 5.52. The highest BCUT2D eigenvalue weighted by Crippen LogP contribution is 2.30. The standard InChI is InChI=1S/C26H22N4O/c1-16(2)19-5-8-23-21(15-19)22(26(31)28-23)13-18-3-6-20-24(29-30-25(20)14-18)7-4-17-9-11-27-12-10-17/h3-16,28,31H,1-2H3/b7-4+,18-13?. The number of nitrogens with zero attached hydrogens (tertiary/aromatic N) is 3. The fraction of sp³-hybridized carbons (Fsp3) is 0.115. The van der Waals surface area contributed by atoms with Crippen molar-refractivity contribution in [2.45, 2.75) is 19.8 Å². The molecule has 2 N–H and O–H groups in total. The van der Waals surface area contributed by atoms with E-state index in [2.05, 4.69) is 46.2 Å². The van der Waals surface area contributed by atoms with E-state index in [9.17, 15) is 5.11 Å².